The van der Waals surface area contributed by atoms with Crippen LogP contribution in [0.2, 0.25) is 5.15 Å². The predicted molar refractivity (Wildman–Crippen MR) is 125 cm³/mol. The Morgan fingerprint density at radius 2 is 2.14 bits per heavy atom. The average Bonchev–Trinajstić information content (AvgIpc) is 3.39. The number of carboxylic acid groups (broad SMARTS) is 1. The molecule has 4 rings (SSSR count). The molecular formula is C20H23ClN6O7S. The lowest BCUT2D eigenvalue weighted by atomic mass is 9.86. The summed E-state index contributed by atoms with van der Waals surface area (Å²) < 4.78 is 41.2. The Morgan fingerprint density at radius 1 is 1.40 bits per heavy atom. The lowest BCUT2D eigenvalue weighted by Crippen LogP contribution is -2.45. The minimum absolute atomic E-state index is 0.127. The monoisotopic (exact) mass is 526 g/mol. The van der Waals surface area contributed by atoms with E-state index in [-0.39, 0.29) is 46.0 Å². The summed E-state index contributed by atoms with van der Waals surface area (Å²) in [7, 11) is -4.22. The minimum atomic E-state index is -4.22. The summed E-state index contributed by atoms with van der Waals surface area (Å²) in [6.07, 6.45) is -0.400. The van der Waals surface area contributed by atoms with Gasteiger partial charge in [0.1, 0.15) is 16.7 Å². The molecule has 1 aliphatic rings. The summed E-state index contributed by atoms with van der Waals surface area (Å²) >= 11 is 6.17. The molecule has 0 saturated heterocycles. The van der Waals surface area contributed by atoms with Crippen molar-refractivity contribution < 1.29 is 27.5 Å². The first-order valence-electron chi connectivity index (χ1n) is 10.5. The highest BCUT2D eigenvalue weighted by Gasteiger charge is 2.40. The fraction of sp³-hybridized carbons (Fsp3) is 0.400. The first-order chi connectivity index (χ1) is 16.4. The molecule has 1 atom stereocenters. The molecule has 188 valence electrons. The maximum atomic E-state index is 13.7. The maximum absolute atomic E-state index is 13.7. The first kappa shape index (κ1) is 24.6. The third-order valence-corrected chi connectivity index (χ3v) is 7.65. The molecule has 0 saturated carbocycles. The standard InChI is InChI=1S/C20H23ClN6O7S/c1-4-26-10-15(16(21)25-26)35(31,32)27-9-12(8-20(2,3)17-23-24-19(30)34-17)33-14-6-5-11(7-13(14)27)22-18(28)29/h5-7,10,12,22H,4,8-9H2,1-3H3,(H,24,30)(H,28,29). The number of hydrogen-bond donors (Lipinski definition) is 3. The molecule has 1 aliphatic heterocycles. The lowest BCUT2D eigenvalue weighted by Gasteiger charge is -2.37. The van der Waals surface area contributed by atoms with Gasteiger partial charge in [0.25, 0.3) is 10.0 Å². The van der Waals surface area contributed by atoms with Crippen molar-refractivity contribution in [2.75, 3.05) is 16.2 Å². The van der Waals surface area contributed by atoms with Crippen LogP contribution in [0, 0.1) is 0 Å². The van der Waals surface area contributed by atoms with Crippen LogP contribution >= 0.6 is 11.6 Å². The SMILES string of the molecule is CCn1cc(S(=O)(=O)N2CC(CC(C)(C)c3n[nH]c(=O)o3)Oc3ccc(NC(=O)O)cc32)c(Cl)n1. The van der Waals surface area contributed by atoms with Crippen molar-refractivity contribution in [3.8, 4) is 5.75 Å². The second kappa shape index (κ2) is 8.92. The van der Waals surface area contributed by atoms with E-state index in [0.29, 0.717) is 6.54 Å². The summed E-state index contributed by atoms with van der Waals surface area (Å²) in [5, 5.41) is 21.2. The number of nitrogens with zero attached hydrogens (tertiary/aromatic N) is 4. The van der Waals surface area contributed by atoms with Crippen LogP contribution in [-0.2, 0) is 22.0 Å². The zero-order chi connectivity index (χ0) is 25.5. The topological polar surface area (TPSA) is 173 Å². The van der Waals surface area contributed by atoms with Gasteiger partial charge < -0.3 is 14.3 Å². The van der Waals surface area contributed by atoms with E-state index >= 15 is 0 Å². The molecule has 0 fully saturated rings. The number of benzene rings is 1. The number of sulfonamides is 1. The third kappa shape index (κ3) is 4.84. The Kier molecular flexibility index (Phi) is 6.27. The van der Waals surface area contributed by atoms with Gasteiger partial charge in [0.05, 0.1) is 12.2 Å². The van der Waals surface area contributed by atoms with Gasteiger partial charge in [0, 0.05) is 23.8 Å². The second-order valence-electron chi connectivity index (χ2n) is 8.53. The van der Waals surface area contributed by atoms with Crippen LogP contribution in [0.4, 0.5) is 16.2 Å². The smallest absolute Gasteiger partial charge is 0.434 e. The van der Waals surface area contributed by atoms with E-state index in [1.165, 1.54) is 29.1 Å². The zero-order valence-electron chi connectivity index (χ0n) is 19.0. The molecule has 3 N–H and O–H groups in total. The van der Waals surface area contributed by atoms with Crippen molar-refractivity contribution in [2.24, 2.45) is 0 Å². The van der Waals surface area contributed by atoms with Gasteiger partial charge in [-0.1, -0.05) is 25.4 Å². The molecule has 3 aromatic rings. The molecule has 0 spiro atoms. The number of amides is 1. The highest BCUT2D eigenvalue weighted by Crippen LogP contribution is 2.42. The number of aromatic amines is 1. The molecular weight excluding hydrogens is 504 g/mol. The quantitative estimate of drug-likeness (QED) is 0.418. The molecule has 1 aromatic carbocycles. The van der Waals surface area contributed by atoms with Gasteiger partial charge in [-0.05, 0) is 31.5 Å². The maximum Gasteiger partial charge on any atom is 0.434 e. The summed E-state index contributed by atoms with van der Waals surface area (Å²) in [6, 6.07) is 4.31. The van der Waals surface area contributed by atoms with E-state index in [9.17, 15) is 18.0 Å². The van der Waals surface area contributed by atoms with Crippen LogP contribution in [0.1, 0.15) is 33.1 Å². The number of hydrogen-bond acceptors (Lipinski definition) is 8. The Morgan fingerprint density at radius 3 is 2.74 bits per heavy atom. The Bertz CT molecular complexity index is 1430. The van der Waals surface area contributed by atoms with Gasteiger partial charge in [-0.3, -0.25) is 14.3 Å². The molecule has 35 heavy (non-hydrogen) atoms. The van der Waals surface area contributed by atoms with Gasteiger partial charge in [0.15, 0.2) is 5.15 Å². The number of ether oxygens (including phenoxy) is 1. The fourth-order valence-electron chi connectivity index (χ4n) is 3.86. The van der Waals surface area contributed by atoms with E-state index in [1.807, 2.05) is 0 Å². The van der Waals surface area contributed by atoms with Crippen molar-refractivity contribution in [1.82, 2.24) is 20.0 Å². The summed E-state index contributed by atoms with van der Waals surface area (Å²) in [5.41, 5.74) is -0.490. The Balaban J connectivity index is 1.76. The summed E-state index contributed by atoms with van der Waals surface area (Å²) in [4.78, 5) is 22.4. The van der Waals surface area contributed by atoms with Crippen molar-refractivity contribution >= 4 is 39.1 Å². The number of anilines is 2. The molecule has 13 nitrogen and oxygen atoms in total. The average molecular weight is 527 g/mol. The van der Waals surface area contributed by atoms with Crippen LogP contribution in [0.5, 0.6) is 5.75 Å². The molecule has 1 unspecified atom stereocenters. The third-order valence-electron chi connectivity index (χ3n) is 5.47. The summed E-state index contributed by atoms with van der Waals surface area (Å²) in [5.74, 6) is -0.327. The van der Waals surface area contributed by atoms with Crippen molar-refractivity contribution in [3.63, 3.8) is 0 Å². The Hall–Kier alpha value is -3.52. The van der Waals surface area contributed by atoms with Gasteiger partial charge in [-0.25, -0.2) is 23.1 Å². The van der Waals surface area contributed by atoms with Crippen LogP contribution < -0.4 is 20.1 Å². The molecule has 15 heteroatoms. The van der Waals surface area contributed by atoms with Crippen molar-refractivity contribution in [3.05, 3.63) is 46.0 Å². The lowest BCUT2D eigenvalue weighted by molar-refractivity contribution is 0.152. The van der Waals surface area contributed by atoms with E-state index in [4.69, 9.17) is 25.9 Å². The van der Waals surface area contributed by atoms with Crippen molar-refractivity contribution in [1.29, 1.82) is 0 Å². The summed E-state index contributed by atoms with van der Waals surface area (Å²) in [6.45, 7) is 5.64. The predicted octanol–water partition coefficient (Wildman–Crippen LogP) is 2.65. The van der Waals surface area contributed by atoms with E-state index < -0.39 is 33.4 Å². The van der Waals surface area contributed by atoms with Gasteiger partial charge in [-0.15, -0.1) is 5.10 Å². The van der Waals surface area contributed by atoms with E-state index in [0.717, 1.165) is 4.31 Å². The fourth-order valence-corrected chi connectivity index (χ4v) is 5.80. The molecule has 0 bridgehead atoms. The molecule has 0 aliphatic carbocycles. The van der Waals surface area contributed by atoms with Gasteiger partial charge >= 0.3 is 11.8 Å². The largest absolute Gasteiger partial charge is 0.486 e. The number of halogens is 1. The van der Waals surface area contributed by atoms with Crippen LogP contribution in [0.25, 0.3) is 0 Å². The Labute approximate surface area is 204 Å². The van der Waals surface area contributed by atoms with Gasteiger partial charge in [-0.2, -0.15) is 5.10 Å². The van der Waals surface area contributed by atoms with Crippen LogP contribution in [0.3, 0.4) is 0 Å². The van der Waals surface area contributed by atoms with Crippen LogP contribution in [-0.4, -0.2) is 52.2 Å². The van der Waals surface area contributed by atoms with E-state index in [1.54, 1.807) is 20.8 Å². The molecule has 0 radical (unpaired) electrons. The number of aromatic nitrogens is 4. The van der Waals surface area contributed by atoms with E-state index in [2.05, 4.69) is 20.6 Å². The second-order valence-corrected chi connectivity index (χ2v) is 10.7. The highest BCUT2D eigenvalue weighted by atomic mass is 35.5. The normalized spacial score (nSPS) is 16.0. The van der Waals surface area contributed by atoms with Crippen molar-refractivity contribution in [2.45, 2.75) is 50.2 Å². The number of fused-ring (bicyclic) bond motifs is 1. The zero-order valence-corrected chi connectivity index (χ0v) is 20.6. The van der Waals surface area contributed by atoms with Crippen LogP contribution in [0.15, 0.2) is 38.5 Å². The number of carbonyl (C=O) groups is 1. The number of H-pyrrole nitrogens is 1. The molecule has 2 aromatic heterocycles. The molecule has 3 heterocycles. The number of aryl methyl sites for hydroxylation is 1. The highest BCUT2D eigenvalue weighted by molar-refractivity contribution is 7.93. The first-order valence-corrected chi connectivity index (χ1v) is 12.3. The molecule has 1 amide bonds. The van der Waals surface area contributed by atoms with Gasteiger partial charge in [0.2, 0.25) is 5.89 Å². The minimum Gasteiger partial charge on any atom is -0.486 e. The number of nitrogens with one attached hydrogen (secondary N) is 2. The number of rotatable bonds is 7.